The molecule has 1 aromatic rings. The Bertz CT molecular complexity index is 600. The molecule has 2 heterocycles. The number of aryl methyl sites for hydroxylation is 1. The number of nitrogens with zero attached hydrogens (tertiary/aromatic N) is 3. The molecule has 1 N–H and O–H groups in total. The van der Waals surface area contributed by atoms with Crippen molar-refractivity contribution in [1.82, 2.24) is 9.55 Å². The van der Waals surface area contributed by atoms with Gasteiger partial charge in [0.05, 0.1) is 11.6 Å². The summed E-state index contributed by atoms with van der Waals surface area (Å²) in [5, 5.41) is 9.03. The first-order valence-corrected chi connectivity index (χ1v) is 7.14. The summed E-state index contributed by atoms with van der Waals surface area (Å²) in [5.41, 5.74) is 1.85. The van der Waals surface area contributed by atoms with Crippen LogP contribution in [0.5, 0.6) is 0 Å². The van der Waals surface area contributed by atoms with Crippen LogP contribution in [0.25, 0.3) is 0 Å². The molecule has 0 unspecified atom stereocenters. The second-order valence-corrected chi connectivity index (χ2v) is 5.65. The van der Waals surface area contributed by atoms with Crippen molar-refractivity contribution in [2.45, 2.75) is 32.1 Å². The van der Waals surface area contributed by atoms with Gasteiger partial charge in [0.2, 0.25) is 5.95 Å². The predicted molar refractivity (Wildman–Crippen MR) is 74.1 cm³/mol. The summed E-state index contributed by atoms with van der Waals surface area (Å²) >= 11 is 0. The Kier molecular flexibility index (Phi) is 3.23. The molecule has 1 aromatic heterocycles. The number of aromatic nitrogens is 2. The van der Waals surface area contributed by atoms with E-state index in [1.807, 2.05) is 4.90 Å². The average molecular weight is 277 g/mol. The number of carbonyl (C=O) groups is 1. The Morgan fingerprint density at radius 1 is 1.30 bits per heavy atom. The number of anilines is 1. The Labute approximate surface area is 117 Å². The lowest BCUT2D eigenvalue weighted by Crippen LogP contribution is -2.40. The molecule has 3 rings (SSSR count). The van der Waals surface area contributed by atoms with Gasteiger partial charge in [0.15, 0.2) is 0 Å². The summed E-state index contributed by atoms with van der Waals surface area (Å²) in [5.74, 6) is -0.294. The quantitative estimate of drug-likeness (QED) is 0.855. The molecule has 0 bridgehead atoms. The summed E-state index contributed by atoms with van der Waals surface area (Å²) in [4.78, 5) is 30.0. The SMILES string of the molecule is Cn1c(N2CCC(C(=O)O)CC2)nc2c(c1=O)CCC2. The van der Waals surface area contributed by atoms with Gasteiger partial charge < -0.3 is 10.0 Å². The molecule has 2 aliphatic rings. The lowest BCUT2D eigenvalue weighted by atomic mass is 9.97. The first-order valence-electron chi connectivity index (χ1n) is 7.14. The van der Waals surface area contributed by atoms with Crippen molar-refractivity contribution in [3.8, 4) is 0 Å². The zero-order valence-corrected chi connectivity index (χ0v) is 11.6. The molecule has 0 spiro atoms. The number of carboxylic acid groups (broad SMARTS) is 1. The largest absolute Gasteiger partial charge is 0.481 e. The molecule has 108 valence electrons. The molecule has 0 aromatic carbocycles. The lowest BCUT2D eigenvalue weighted by Gasteiger charge is -2.32. The van der Waals surface area contributed by atoms with Gasteiger partial charge in [-0.3, -0.25) is 14.2 Å². The van der Waals surface area contributed by atoms with Gasteiger partial charge in [0, 0.05) is 25.7 Å². The minimum atomic E-state index is -0.722. The smallest absolute Gasteiger partial charge is 0.306 e. The molecule has 6 nitrogen and oxygen atoms in total. The zero-order chi connectivity index (χ0) is 14.3. The summed E-state index contributed by atoms with van der Waals surface area (Å²) in [7, 11) is 1.76. The maximum absolute atomic E-state index is 12.3. The van der Waals surface area contributed by atoms with E-state index in [0.717, 1.165) is 30.5 Å². The molecular formula is C14H19N3O3. The van der Waals surface area contributed by atoms with E-state index in [-0.39, 0.29) is 11.5 Å². The Morgan fingerprint density at radius 2 is 2.00 bits per heavy atom. The van der Waals surface area contributed by atoms with Crippen LogP contribution in [0.1, 0.15) is 30.5 Å². The van der Waals surface area contributed by atoms with Crippen molar-refractivity contribution in [3.05, 3.63) is 21.6 Å². The van der Waals surface area contributed by atoms with E-state index >= 15 is 0 Å². The summed E-state index contributed by atoms with van der Waals surface area (Å²) in [6.07, 6.45) is 3.94. The van der Waals surface area contributed by atoms with Crippen LogP contribution in [0.4, 0.5) is 5.95 Å². The lowest BCUT2D eigenvalue weighted by molar-refractivity contribution is -0.142. The first-order chi connectivity index (χ1) is 9.58. The van der Waals surface area contributed by atoms with Crippen LogP contribution in [0.2, 0.25) is 0 Å². The highest BCUT2D eigenvalue weighted by Crippen LogP contribution is 2.24. The highest BCUT2D eigenvalue weighted by Gasteiger charge is 2.28. The van der Waals surface area contributed by atoms with Crippen molar-refractivity contribution in [2.24, 2.45) is 13.0 Å². The van der Waals surface area contributed by atoms with E-state index in [2.05, 4.69) is 4.98 Å². The second kappa shape index (κ2) is 4.92. The van der Waals surface area contributed by atoms with Crippen LogP contribution in [0, 0.1) is 5.92 Å². The number of rotatable bonds is 2. The number of piperidine rings is 1. The highest BCUT2D eigenvalue weighted by molar-refractivity contribution is 5.70. The third-order valence-electron chi connectivity index (χ3n) is 4.41. The molecule has 1 aliphatic heterocycles. The van der Waals surface area contributed by atoms with Gasteiger partial charge in [-0.05, 0) is 32.1 Å². The first kappa shape index (κ1) is 13.1. The number of carboxylic acids is 1. The van der Waals surface area contributed by atoms with Gasteiger partial charge in [-0.25, -0.2) is 4.98 Å². The number of hydrogen-bond donors (Lipinski definition) is 1. The number of fused-ring (bicyclic) bond motifs is 1. The van der Waals surface area contributed by atoms with E-state index < -0.39 is 5.97 Å². The molecule has 1 aliphatic carbocycles. The standard InChI is InChI=1S/C14H19N3O3/c1-16-12(18)10-3-2-4-11(10)15-14(16)17-7-5-9(6-8-17)13(19)20/h9H,2-8H2,1H3,(H,19,20). The topological polar surface area (TPSA) is 75.4 Å². The van der Waals surface area contributed by atoms with Crippen molar-refractivity contribution >= 4 is 11.9 Å². The molecule has 0 atom stereocenters. The minimum Gasteiger partial charge on any atom is -0.481 e. The molecule has 1 fully saturated rings. The van der Waals surface area contributed by atoms with Gasteiger partial charge in [-0.2, -0.15) is 0 Å². The minimum absolute atomic E-state index is 0.0582. The van der Waals surface area contributed by atoms with E-state index in [4.69, 9.17) is 5.11 Å². The fourth-order valence-corrected chi connectivity index (χ4v) is 3.18. The number of aliphatic carboxylic acids is 1. The van der Waals surface area contributed by atoms with Crippen LogP contribution in [0.3, 0.4) is 0 Å². The van der Waals surface area contributed by atoms with Crippen LogP contribution < -0.4 is 10.5 Å². The Hall–Kier alpha value is -1.85. The van der Waals surface area contributed by atoms with Crippen molar-refractivity contribution in [1.29, 1.82) is 0 Å². The molecule has 0 saturated carbocycles. The summed E-state index contributed by atoms with van der Waals surface area (Å²) in [6.45, 7) is 1.30. The fourth-order valence-electron chi connectivity index (χ4n) is 3.18. The third-order valence-corrected chi connectivity index (χ3v) is 4.41. The molecule has 1 saturated heterocycles. The van der Waals surface area contributed by atoms with Gasteiger partial charge in [-0.1, -0.05) is 0 Å². The van der Waals surface area contributed by atoms with E-state index in [1.165, 1.54) is 0 Å². The number of hydrogen-bond acceptors (Lipinski definition) is 4. The summed E-state index contributed by atoms with van der Waals surface area (Å²) in [6, 6.07) is 0. The monoisotopic (exact) mass is 277 g/mol. The molecule has 20 heavy (non-hydrogen) atoms. The van der Waals surface area contributed by atoms with Crippen molar-refractivity contribution < 1.29 is 9.90 Å². The Balaban J connectivity index is 1.87. The highest BCUT2D eigenvalue weighted by atomic mass is 16.4. The van der Waals surface area contributed by atoms with Gasteiger partial charge in [-0.15, -0.1) is 0 Å². The van der Waals surface area contributed by atoms with Crippen molar-refractivity contribution in [3.63, 3.8) is 0 Å². The van der Waals surface area contributed by atoms with Crippen molar-refractivity contribution in [2.75, 3.05) is 18.0 Å². The molecule has 6 heteroatoms. The molecule has 0 amide bonds. The molecule has 0 radical (unpaired) electrons. The van der Waals surface area contributed by atoms with Gasteiger partial charge in [0.25, 0.3) is 5.56 Å². The van der Waals surface area contributed by atoms with E-state index in [0.29, 0.717) is 31.9 Å². The predicted octanol–water partition coefficient (Wildman–Crippen LogP) is 0.570. The average Bonchev–Trinajstić information content (AvgIpc) is 2.91. The third kappa shape index (κ3) is 2.09. The van der Waals surface area contributed by atoms with E-state index in [9.17, 15) is 9.59 Å². The summed E-state index contributed by atoms with van der Waals surface area (Å²) < 4.78 is 1.62. The zero-order valence-electron chi connectivity index (χ0n) is 11.6. The maximum atomic E-state index is 12.3. The van der Waals surface area contributed by atoms with E-state index in [1.54, 1.807) is 11.6 Å². The van der Waals surface area contributed by atoms with Crippen LogP contribution in [0.15, 0.2) is 4.79 Å². The Morgan fingerprint density at radius 3 is 2.65 bits per heavy atom. The van der Waals surface area contributed by atoms with Gasteiger partial charge in [0.1, 0.15) is 0 Å². The fraction of sp³-hybridized carbons (Fsp3) is 0.643. The second-order valence-electron chi connectivity index (χ2n) is 5.65. The van der Waals surface area contributed by atoms with Crippen LogP contribution in [-0.2, 0) is 24.7 Å². The van der Waals surface area contributed by atoms with Crippen LogP contribution >= 0.6 is 0 Å². The maximum Gasteiger partial charge on any atom is 0.306 e. The molecular weight excluding hydrogens is 258 g/mol. The van der Waals surface area contributed by atoms with Crippen LogP contribution in [-0.4, -0.2) is 33.7 Å². The van der Waals surface area contributed by atoms with Gasteiger partial charge >= 0.3 is 5.97 Å². The normalized spacial score (nSPS) is 19.1.